The molecule has 1 aromatic rings. The predicted molar refractivity (Wildman–Crippen MR) is 93.7 cm³/mol. The van der Waals surface area contributed by atoms with Crippen molar-refractivity contribution in [3.63, 3.8) is 0 Å². The second-order valence-corrected chi connectivity index (χ2v) is 7.57. The minimum Gasteiger partial charge on any atom is -0.462 e. The van der Waals surface area contributed by atoms with Crippen molar-refractivity contribution in [1.82, 2.24) is 0 Å². The van der Waals surface area contributed by atoms with Crippen LogP contribution in [0.1, 0.15) is 33.1 Å². The maximum atomic E-state index is 12.1. The van der Waals surface area contributed by atoms with E-state index in [0.717, 1.165) is 12.8 Å². The molecule has 0 heterocycles. The van der Waals surface area contributed by atoms with Gasteiger partial charge in [0, 0.05) is 6.92 Å². The van der Waals surface area contributed by atoms with Gasteiger partial charge in [0.1, 0.15) is 6.61 Å². The molecule has 1 unspecified atom stereocenters. The Labute approximate surface area is 148 Å². The maximum absolute atomic E-state index is 12.1. The summed E-state index contributed by atoms with van der Waals surface area (Å²) < 4.78 is 34.1. The van der Waals surface area contributed by atoms with Crippen LogP contribution in [0.4, 0.5) is 0 Å². The van der Waals surface area contributed by atoms with E-state index in [2.05, 4.69) is 0 Å². The second-order valence-electron chi connectivity index (χ2n) is 5.58. The van der Waals surface area contributed by atoms with Crippen molar-refractivity contribution in [1.29, 1.82) is 0 Å². The number of benzene rings is 1. The first kappa shape index (κ1) is 20.9. The number of sulfone groups is 1. The molecular formula is C18H24O6S. The summed E-state index contributed by atoms with van der Waals surface area (Å²) in [6.45, 7) is 3.33. The van der Waals surface area contributed by atoms with Crippen LogP contribution in [-0.4, -0.2) is 38.8 Å². The molecule has 0 aliphatic heterocycles. The SMILES string of the molecule is CC(=O)OC/C=C/CCCC(C)OC(=O)CS(=O)(=O)c1ccccc1. The smallest absolute Gasteiger partial charge is 0.321 e. The Morgan fingerprint density at radius 2 is 1.84 bits per heavy atom. The Morgan fingerprint density at radius 3 is 2.48 bits per heavy atom. The van der Waals surface area contributed by atoms with Gasteiger partial charge in [0.25, 0.3) is 0 Å². The lowest BCUT2D eigenvalue weighted by Gasteiger charge is -2.13. The van der Waals surface area contributed by atoms with E-state index < -0.39 is 21.6 Å². The quantitative estimate of drug-likeness (QED) is 0.358. The summed E-state index contributed by atoms with van der Waals surface area (Å²) in [6.07, 6.45) is 5.43. The lowest BCUT2D eigenvalue weighted by atomic mass is 10.1. The van der Waals surface area contributed by atoms with Gasteiger partial charge in [-0.2, -0.15) is 0 Å². The van der Waals surface area contributed by atoms with Crippen molar-refractivity contribution in [2.75, 3.05) is 12.4 Å². The number of carbonyl (C=O) groups is 2. The molecule has 6 nitrogen and oxygen atoms in total. The minimum atomic E-state index is -3.67. The molecular weight excluding hydrogens is 344 g/mol. The van der Waals surface area contributed by atoms with Gasteiger partial charge >= 0.3 is 11.9 Å². The van der Waals surface area contributed by atoms with Gasteiger partial charge in [0.05, 0.1) is 11.0 Å². The van der Waals surface area contributed by atoms with Crippen LogP contribution < -0.4 is 0 Å². The zero-order chi connectivity index (χ0) is 18.7. The Bertz CT molecular complexity index is 679. The average molecular weight is 368 g/mol. The number of hydrogen-bond donors (Lipinski definition) is 0. The minimum absolute atomic E-state index is 0.109. The normalized spacial score (nSPS) is 12.7. The van der Waals surface area contributed by atoms with E-state index in [9.17, 15) is 18.0 Å². The lowest BCUT2D eigenvalue weighted by Crippen LogP contribution is -2.23. The molecule has 7 heteroatoms. The number of allylic oxidation sites excluding steroid dienone is 1. The molecule has 0 N–H and O–H groups in total. The third-order valence-electron chi connectivity index (χ3n) is 3.27. The Balaban J connectivity index is 2.29. The first-order valence-electron chi connectivity index (χ1n) is 8.07. The fourth-order valence-corrected chi connectivity index (χ4v) is 3.17. The van der Waals surface area contributed by atoms with Gasteiger partial charge in [-0.25, -0.2) is 8.42 Å². The highest BCUT2D eigenvalue weighted by Gasteiger charge is 2.21. The molecule has 0 saturated heterocycles. The zero-order valence-electron chi connectivity index (χ0n) is 14.5. The fraction of sp³-hybridized carbons (Fsp3) is 0.444. The Morgan fingerprint density at radius 1 is 1.16 bits per heavy atom. The van der Waals surface area contributed by atoms with Gasteiger partial charge in [0.2, 0.25) is 0 Å². The summed E-state index contributed by atoms with van der Waals surface area (Å²) in [5.74, 6) is -1.73. The van der Waals surface area contributed by atoms with Crippen LogP contribution in [0, 0.1) is 0 Å². The van der Waals surface area contributed by atoms with E-state index >= 15 is 0 Å². The molecule has 25 heavy (non-hydrogen) atoms. The summed E-state index contributed by atoms with van der Waals surface area (Å²) >= 11 is 0. The van der Waals surface area contributed by atoms with Gasteiger partial charge in [-0.05, 0) is 38.3 Å². The van der Waals surface area contributed by atoms with Crippen molar-refractivity contribution in [2.45, 2.75) is 44.1 Å². The van der Waals surface area contributed by atoms with Crippen LogP contribution in [0.25, 0.3) is 0 Å². The van der Waals surface area contributed by atoms with Crippen LogP contribution >= 0.6 is 0 Å². The van der Waals surface area contributed by atoms with Crippen LogP contribution in [0.15, 0.2) is 47.4 Å². The van der Waals surface area contributed by atoms with Crippen LogP contribution in [0.2, 0.25) is 0 Å². The second kappa shape index (κ2) is 10.7. The number of esters is 2. The number of ether oxygens (including phenoxy) is 2. The van der Waals surface area contributed by atoms with Crippen molar-refractivity contribution in [2.24, 2.45) is 0 Å². The zero-order valence-corrected chi connectivity index (χ0v) is 15.3. The highest BCUT2D eigenvalue weighted by Crippen LogP contribution is 2.12. The van der Waals surface area contributed by atoms with Gasteiger partial charge in [-0.1, -0.05) is 30.4 Å². The molecule has 0 amide bonds. The topological polar surface area (TPSA) is 86.7 Å². The van der Waals surface area contributed by atoms with Crippen molar-refractivity contribution in [3.05, 3.63) is 42.5 Å². The largest absolute Gasteiger partial charge is 0.462 e. The molecule has 1 rings (SSSR count). The van der Waals surface area contributed by atoms with E-state index in [1.54, 1.807) is 31.2 Å². The molecule has 0 spiro atoms. The van der Waals surface area contributed by atoms with Gasteiger partial charge in [-0.15, -0.1) is 0 Å². The molecule has 0 fully saturated rings. The Kier molecular flexibility index (Phi) is 8.91. The fourth-order valence-electron chi connectivity index (χ4n) is 2.06. The number of carbonyl (C=O) groups excluding carboxylic acids is 2. The molecule has 0 aliphatic rings. The van der Waals surface area contributed by atoms with Crippen LogP contribution in [0.5, 0.6) is 0 Å². The highest BCUT2D eigenvalue weighted by atomic mass is 32.2. The highest BCUT2D eigenvalue weighted by molar-refractivity contribution is 7.92. The first-order chi connectivity index (χ1) is 11.8. The molecule has 1 aromatic carbocycles. The van der Waals surface area contributed by atoms with E-state index in [1.807, 2.05) is 6.08 Å². The summed E-state index contributed by atoms with van der Waals surface area (Å²) in [4.78, 5) is 22.5. The number of rotatable bonds is 10. The maximum Gasteiger partial charge on any atom is 0.321 e. The predicted octanol–water partition coefficient (Wildman–Crippen LogP) is 2.68. The summed E-state index contributed by atoms with van der Waals surface area (Å²) in [5.41, 5.74) is 0. The van der Waals surface area contributed by atoms with E-state index in [4.69, 9.17) is 9.47 Å². The number of hydrogen-bond acceptors (Lipinski definition) is 6. The van der Waals surface area contributed by atoms with Crippen molar-refractivity contribution in [3.8, 4) is 0 Å². The average Bonchev–Trinajstić information content (AvgIpc) is 2.53. The molecule has 0 aliphatic carbocycles. The Hall–Kier alpha value is -2.15. The molecule has 0 aromatic heterocycles. The van der Waals surface area contributed by atoms with Crippen molar-refractivity contribution >= 4 is 21.8 Å². The van der Waals surface area contributed by atoms with Crippen LogP contribution in [-0.2, 0) is 28.9 Å². The van der Waals surface area contributed by atoms with E-state index in [1.165, 1.54) is 19.1 Å². The summed E-state index contributed by atoms with van der Waals surface area (Å²) in [6, 6.07) is 7.83. The van der Waals surface area contributed by atoms with Crippen LogP contribution in [0.3, 0.4) is 0 Å². The molecule has 1 atom stereocenters. The first-order valence-corrected chi connectivity index (χ1v) is 9.72. The third kappa shape index (κ3) is 9.05. The van der Waals surface area contributed by atoms with E-state index in [-0.39, 0.29) is 23.6 Å². The molecule has 0 radical (unpaired) electrons. The van der Waals surface area contributed by atoms with E-state index in [0.29, 0.717) is 6.42 Å². The third-order valence-corrected chi connectivity index (χ3v) is 4.88. The lowest BCUT2D eigenvalue weighted by molar-refractivity contribution is -0.145. The van der Waals surface area contributed by atoms with Gasteiger partial charge in [-0.3, -0.25) is 9.59 Å². The molecule has 0 saturated carbocycles. The molecule has 138 valence electrons. The standard InChI is InChI=1S/C18H24O6S/c1-15(10-6-3-4-9-13-23-16(2)19)24-18(20)14-25(21,22)17-11-7-5-8-12-17/h4-5,7-9,11-12,15H,3,6,10,13-14H2,1-2H3/b9-4+. The molecule has 0 bridgehead atoms. The van der Waals surface area contributed by atoms with Gasteiger partial charge < -0.3 is 9.47 Å². The summed E-state index contributed by atoms with van der Waals surface area (Å²) in [7, 11) is -3.67. The van der Waals surface area contributed by atoms with Crippen molar-refractivity contribution < 1.29 is 27.5 Å². The summed E-state index contributed by atoms with van der Waals surface area (Å²) in [5, 5.41) is 0. The number of unbranched alkanes of at least 4 members (excludes halogenated alkanes) is 1. The van der Waals surface area contributed by atoms with Gasteiger partial charge in [0.15, 0.2) is 15.6 Å². The monoisotopic (exact) mass is 368 g/mol.